The maximum absolute atomic E-state index is 9.81. The second kappa shape index (κ2) is 10.9. The first-order valence-electron chi connectivity index (χ1n) is 6.67. The first kappa shape index (κ1) is 17.3. The third-order valence-corrected chi connectivity index (χ3v) is 3.54. The average molecular weight is 303 g/mol. The molecule has 0 aliphatic carbocycles. The molecule has 0 fully saturated rings. The Hall–Kier alpha value is -1.78. The molecule has 2 aromatic rings. The first-order valence-corrected chi connectivity index (χ1v) is 7.83. The fraction of sp³-hybridized carbons (Fsp3) is 0.235. The van der Waals surface area contributed by atoms with Crippen LogP contribution >= 0.6 is 11.8 Å². The minimum absolute atomic E-state index is 0.183. The van der Waals surface area contributed by atoms with Crippen molar-refractivity contribution in [2.45, 2.75) is 18.4 Å². The van der Waals surface area contributed by atoms with Gasteiger partial charge in [0.2, 0.25) is 5.91 Å². The van der Waals surface area contributed by atoms with E-state index in [1.165, 1.54) is 25.2 Å². The highest BCUT2D eigenvalue weighted by molar-refractivity contribution is 7.97. The molecule has 0 saturated heterocycles. The molecule has 2 rings (SSSR count). The SMILES string of the molecule is CONC(C)=O.c1ccc(CSCc2ccccc2)cc1. The van der Waals surface area contributed by atoms with E-state index < -0.39 is 0 Å². The summed E-state index contributed by atoms with van der Waals surface area (Å²) in [5.41, 5.74) is 4.87. The summed E-state index contributed by atoms with van der Waals surface area (Å²) in [4.78, 5) is 14.0. The zero-order chi connectivity index (χ0) is 15.3. The number of nitrogens with one attached hydrogen (secondary N) is 1. The lowest BCUT2D eigenvalue weighted by Gasteiger charge is -2.01. The van der Waals surface area contributed by atoms with Crippen LogP contribution in [0.1, 0.15) is 18.1 Å². The van der Waals surface area contributed by atoms with Gasteiger partial charge < -0.3 is 0 Å². The molecule has 0 unspecified atom stereocenters. The van der Waals surface area contributed by atoms with Gasteiger partial charge in [0.1, 0.15) is 0 Å². The van der Waals surface area contributed by atoms with Crippen molar-refractivity contribution >= 4 is 17.7 Å². The minimum atomic E-state index is -0.183. The largest absolute Gasteiger partial charge is 0.277 e. The molecule has 3 nitrogen and oxygen atoms in total. The van der Waals surface area contributed by atoms with Gasteiger partial charge in [-0.1, -0.05) is 60.7 Å². The molecule has 0 aliphatic heterocycles. The Balaban J connectivity index is 0.000000315. The minimum Gasteiger partial charge on any atom is -0.277 e. The van der Waals surface area contributed by atoms with E-state index in [0.717, 1.165) is 11.5 Å². The predicted octanol–water partition coefficient (Wildman–Crippen LogP) is 3.80. The number of carbonyl (C=O) groups excluding carboxylic acids is 1. The third-order valence-electron chi connectivity index (χ3n) is 2.47. The molecule has 0 atom stereocenters. The summed E-state index contributed by atoms with van der Waals surface area (Å²) in [5, 5.41) is 0. The van der Waals surface area contributed by atoms with E-state index in [0.29, 0.717) is 0 Å². The van der Waals surface area contributed by atoms with Crippen molar-refractivity contribution in [1.82, 2.24) is 5.48 Å². The molecule has 21 heavy (non-hydrogen) atoms. The standard InChI is InChI=1S/C14H14S.C3H7NO2/c1-3-7-13(8-4-1)11-15-12-14-9-5-2-6-10-14;1-3(5)4-6-2/h1-10H,11-12H2;1-2H3,(H,4,5). The summed E-state index contributed by atoms with van der Waals surface area (Å²) >= 11 is 1.96. The van der Waals surface area contributed by atoms with E-state index >= 15 is 0 Å². The highest BCUT2D eigenvalue weighted by atomic mass is 32.2. The molecule has 0 bridgehead atoms. The van der Waals surface area contributed by atoms with Crippen LogP contribution in [-0.4, -0.2) is 13.0 Å². The molecule has 0 aromatic heterocycles. The number of rotatable bonds is 5. The van der Waals surface area contributed by atoms with Crippen LogP contribution in [-0.2, 0) is 21.1 Å². The molecule has 0 spiro atoms. The van der Waals surface area contributed by atoms with Crippen LogP contribution in [0, 0.1) is 0 Å². The molecule has 112 valence electrons. The van der Waals surface area contributed by atoms with Crippen molar-refractivity contribution in [3.05, 3.63) is 71.8 Å². The van der Waals surface area contributed by atoms with Gasteiger partial charge in [-0.25, -0.2) is 5.48 Å². The van der Waals surface area contributed by atoms with E-state index in [2.05, 4.69) is 71.0 Å². The maximum atomic E-state index is 9.81. The molecule has 1 amide bonds. The van der Waals surface area contributed by atoms with Crippen LogP contribution in [0.3, 0.4) is 0 Å². The summed E-state index contributed by atoms with van der Waals surface area (Å²) < 4.78 is 0. The van der Waals surface area contributed by atoms with Crippen molar-refractivity contribution in [3.63, 3.8) is 0 Å². The Morgan fingerprint density at radius 2 is 1.38 bits per heavy atom. The Kier molecular flexibility index (Phi) is 9.00. The Labute approximate surface area is 130 Å². The molecule has 0 heterocycles. The topological polar surface area (TPSA) is 38.3 Å². The van der Waals surface area contributed by atoms with Gasteiger partial charge in [-0.3, -0.25) is 9.63 Å². The van der Waals surface area contributed by atoms with Crippen molar-refractivity contribution in [2.75, 3.05) is 7.11 Å². The summed E-state index contributed by atoms with van der Waals surface area (Å²) in [6.45, 7) is 1.38. The summed E-state index contributed by atoms with van der Waals surface area (Å²) in [7, 11) is 1.39. The van der Waals surface area contributed by atoms with Crippen LogP contribution in [0.5, 0.6) is 0 Å². The van der Waals surface area contributed by atoms with E-state index in [1.807, 2.05) is 11.8 Å². The number of carbonyl (C=O) groups is 1. The van der Waals surface area contributed by atoms with Gasteiger partial charge in [0, 0.05) is 18.4 Å². The maximum Gasteiger partial charge on any atom is 0.240 e. The second-order valence-corrected chi connectivity index (χ2v) is 5.31. The summed E-state index contributed by atoms with van der Waals surface area (Å²) in [5.74, 6) is 2.00. The molecule has 0 radical (unpaired) electrons. The molecule has 0 saturated carbocycles. The van der Waals surface area contributed by atoms with Gasteiger partial charge in [0.25, 0.3) is 0 Å². The average Bonchev–Trinajstić information content (AvgIpc) is 2.50. The predicted molar refractivity (Wildman–Crippen MR) is 88.7 cm³/mol. The molecule has 4 heteroatoms. The number of hydrogen-bond donors (Lipinski definition) is 1. The lowest BCUT2D eigenvalue weighted by Crippen LogP contribution is -2.17. The Morgan fingerprint density at radius 1 is 0.952 bits per heavy atom. The van der Waals surface area contributed by atoms with Crippen LogP contribution in [0.15, 0.2) is 60.7 Å². The lowest BCUT2D eigenvalue weighted by atomic mass is 10.2. The first-order chi connectivity index (χ1) is 10.2. The fourth-order valence-electron chi connectivity index (χ4n) is 1.58. The monoisotopic (exact) mass is 303 g/mol. The van der Waals surface area contributed by atoms with Gasteiger partial charge in [-0.15, -0.1) is 0 Å². The normalized spacial score (nSPS) is 9.43. The number of hydrogen-bond acceptors (Lipinski definition) is 3. The van der Waals surface area contributed by atoms with E-state index in [9.17, 15) is 4.79 Å². The highest BCUT2D eigenvalue weighted by Crippen LogP contribution is 2.17. The van der Waals surface area contributed by atoms with Crippen LogP contribution in [0.25, 0.3) is 0 Å². The number of benzene rings is 2. The molecule has 1 N–H and O–H groups in total. The van der Waals surface area contributed by atoms with Crippen molar-refractivity contribution < 1.29 is 9.63 Å². The van der Waals surface area contributed by atoms with Crippen molar-refractivity contribution in [2.24, 2.45) is 0 Å². The van der Waals surface area contributed by atoms with E-state index in [1.54, 1.807) is 0 Å². The second-order valence-electron chi connectivity index (χ2n) is 4.33. The Bertz CT molecular complexity index is 463. The van der Waals surface area contributed by atoms with E-state index in [4.69, 9.17) is 0 Å². The van der Waals surface area contributed by atoms with Gasteiger partial charge in [0.05, 0.1) is 7.11 Å². The van der Waals surface area contributed by atoms with Gasteiger partial charge in [-0.05, 0) is 11.1 Å². The van der Waals surface area contributed by atoms with E-state index in [-0.39, 0.29) is 5.91 Å². The molecular weight excluding hydrogens is 282 g/mol. The van der Waals surface area contributed by atoms with Crippen molar-refractivity contribution in [1.29, 1.82) is 0 Å². The lowest BCUT2D eigenvalue weighted by molar-refractivity contribution is -0.128. The number of hydroxylamine groups is 1. The third kappa shape index (κ3) is 8.89. The summed E-state index contributed by atoms with van der Waals surface area (Å²) in [6, 6.07) is 21.2. The molecular formula is C17H21NO2S. The van der Waals surface area contributed by atoms with Gasteiger partial charge in [-0.2, -0.15) is 11.8 Å². The van der Waals surface area contributed by atoms with Crippen molar-refractivity contribution in [3.8, 4) is 0 Å². The number of thioether (sulfide) groups is 1. The quantitative estimate of drug-likeness (QED) is 0.854. The van der Waals surface area contributed by atoms with Gasteiger partial charge >= 0.3 is 0 Å². The zero-order valence-electron chi connectivity index (χ0n) is 12.4. The highest BCUT2D eigenvalue weighted by Gasteiger charge is 1.93. The summed E-state index contributed by atoms with van der Waals surface area (Å²) in [6.07, 6.45) is 0. The van der Waals surface area contributed by atoms with Crippen LogP contribution in [0.4, 0.5) is 0 Å². The van der Waals surface area contributed by atoms with Crippen LogP contribution in [0.2, 0.25) is 0 Å². The molecule has 2 aromatic carbocycles. The van der Waals surface area contributed by atoms with Gasteiger partial charge in [0.15, 0.2) is 0 Å². The fourth-order valence-corrected chi connectivity index (χ4v) is 2.54. The molecule has 0 aliphatic rings. The Morgan fingerprint density at radius 3 is 1.67 bits per heavy atom. The zero-order valence-corrected chi connectivity index (χ0v) is 13.2. The smallest absolute Gasteiger partial charge is 0.240 e. The number of amides is 1. The van der Waals surface area contributed by atoms with Crippen LogP contribution < -0.4 is 5.48 Å².